The number of carbonyl (C=O) groups excluding carboxylic acids is 1. The zero-order valence-electron chi connectivity index (χ0n) is 18.7. The van der Waals surface area contributed by atoms with Gasteiger partial charge in [-0.25, -0.2) is 9.18 Å². The van der Waals surface area contributed by atoms with Crippen LogP contribution in [0.5, 0.6) is 5.75 Å². The van der Waals surface area contributed by atoms with Crippen LogP contribution in [0.4, 0.5) is 9.39 Å². The smallest absolute Gasteiger partial charge is 0.339 e. The predicted octanol–water partition coefficient (Wildman–Crippen LogP) is 7.41. The topological polar surface area (TPSA) is 75.6 Å². The third-order valence-corrected chi connectivity index (χ3v) is 5.17. The molecule has 5 nitrogen and oxygen atoms in total. The molecule has 1 amide bonds. The van der Waals surface area contributed by atoms with E-state index in [9.17, 15) is 19.1 Å². The Labute approximate surface area is 201 Å². The summed E-state index contributed by atoms with van der Waals surface area (Å²) < 4.78 is 18.8. The third kappa shape index (κ3) is 7.44. The van der Waals surface area contributed by atoms with Crippen molar-refractivity contribution in [2.75, 3.05) is 5.32 Å². The summed E-state index contributed by atoms with van der Waals surface area (Å²) in [5.41, 5.74) is 1.66. The second-order valence-electron chi connectivity index (χ2n) is 7.79. The zero-order chi connectivity index (χ0) is 24.7. The summed E-state index contributed by atoms with van der Waals surface area (Å²) in [6.45, 7) is 11.7. The number of anilines is 1. The van der Waals surface area contributed by atoms with E-state index in [-0.39, 0.29) is 22.1 Å². The number of benzene rings is 2. The lowest BCUT2D eigenvalue weighted by Gasteiger charge is -2.11. The molecule has 8 heteroatoms. The molecule has 0 aliphatic heterocycles. The highest BCUT2D eigenvalue weighted by atomic mass is 35.5. The molecule has 0 atom stereocenters. The van der Waals surface area contributed by atoms with Crippen LogP contribution in [-0.2, 0) is 4.79 Å². The Morgan fingerprint density at radius 1 is 1.15 bits per heavy atom. The van der Waals surface area contributed by atoms with Gasteiger partial charge >= 0.3 is 5.97 Å². The first kappa shape index (κ1) is 26.1. The van der Waals surface area contributed by atoms with E-state index in [2.05, 4.69) is 32.7 Å². The van der Waals surface area contributed by atoms with E-state index in [0.29, 0.717) is 21.7 Å². The Hall–Kier alpha value is -3.16. The van der Waals surface area contributed by atoms with Gasteiger partial charge in [0.2, 0.25) is 0 Å². The summed E-state index contributed by atoms with van der Waals surface area (Å²) in [5, 5.41) is 14.4. The lowest BCUT2D eigenvalue weighted by molar-refractivity contribution is -0.114. The highest BCUT2D eigenvalue weighted by Crippen LogP contribution is 2.36. The molecule has 0 aliphatic carbocycles. The number of carbonyl (C=O) groups is 2. The van der Waals surface area contributed by atoms with Gasteiger partial charge in [-0.1, -0.05) is 57.2 Å². The lowest BCUT2D eigenvalue weighted by atomic mass is 10.0. The first-order valence-corrected chi connectivity index (χ1v) is 11.3. The zero-order valence-corrected chi connectivity index (χ0v) is 20.3. The van der Waals surface area contributed by atoms with Crippen molar-refractivity contribution in [3.05, 3.63) is 82.1 Å². The fourth-order valence-corrected chi connectivity index (χ4v) is 3.62. The van der Waals surface area contributed by atoms with Gasteiger partial charge < -0.3 is 15.2 Å². The Morgan fingerprint density at radius 2 is 1.76 bits per heavy atom. The van der Waals surface area contributed by atoms with Gasteiger partial charge in [-0.3, -0.25) is 4.79 Å². The second-order valence-corrected chi connectivity index (χ2v) is 9.10. The van der Waals surface area contributed by atoms with Gasteiger partial charge in [-0.2, -0.15) is 0 Å². The Morgan fingerprint density at radius 3 is 2.33 bits per heavy atom. The van der Waals surface area contributed by atoms with Crippen LogP contribution >= 0.6 is 22.9 Å². The standard InChI is InChI=1S/C21H15ClFNO4S.C4H10/c1-11-3-8-15(23)9-17(11)28-12(2)19(25)24-20-18(21(26)27)16(10-29-20)13-4-6-14(22)7-5-13;1-4(2)3/h3-10H,2H2,1H3,(H,24,25)(H,26,27);4H,1-3H3. The maximum Gasteiger partial charge on any atom is 0.339 e. The summed E-state index contributed by atoms with van der Waals surface area (Å²) in [7, 11) is 0. The van der Waals surface area contributed by atoms with Crippen LogP contribution in [0.3, 0.4) is 0 Å². The van der Waals surface area contributed by atoms with Crippen molar-refractivity contribution in [3.8, 4) is 16.9 Å². The molecule has 174 valence electrons. The minimum atomic E-state index is -1.20. The number of aromatic carboxylic acids is 1. The van der Waals surface area contributed by atoms with Gasteiger partial charge in [-0.05, 0) is 42.2 Å². The molecule has 0 aliphatic rings. The number of rotatable bonds is 6. The molecule has 1 heterocycles. The molecule has 33 heavy (non-hydrogen) atoms. The molecule has 2 aromatic carbocycles. The van der Waals surface area contributed by atoms with Crippen molar-refractivity contribution in [3.63, 3.8) is 0 Å². The van der Waals surface area contributed by atoms with E-state index in [0.717, 1.165) is 23.3 Å². The van der Waals surface area contributed by atoms with E-state index in [1.807, 2.05) is 0 Å². The number of halogens is 2. The first-order valence-electron chi connectivity index (χ1n) is 10.0. The number of carboxylic acids is 1. The van der Waals surface area contributed by atoms with Crippen LogP contribution in [0.15, 0.2) is 60.2 Å². The maximum absolute atomic E-state index is 13.4. The Balaban J connectivity index is 0.000000890. The molecule has 3 aromatic rings. The molecule has 0 radical (unpaired) electrons. The number of hydrogen-bond acceptors (Lipinski definition) is 4. The average molecular weight is 490 g/mol. The van der Waals surface area contributed by atoms with Crippen molar-refractivity contribution in [2.45, 2.75) is 27.7 Å². The number of aryl methyl sites for hydroxylation is 1. The van der Waals surface area contributed by atoms with Crippen molar-refractivity contribution in [1.82, 2.24) is 0 Å². The SMILES string of the molecule is C=C(Oc1cc(F)ccc1C)C(=O)Nc1scc(-c2ccc(Cl)cc2)c1C(=O)O.CC(C)C. The Kier molecular flexibility index (Phi) is 9.20. The van der Waals surface area contributed by atoms with Crippen molar-refractivity contribution >= 4 is 39.8 Å². The van der Waals surface area contributed by atoms with E-state index in [1.165, 1.54) is 12.1 Å². The van der Waals surface area contributed by atoms with E-state index >= 15 is 0 Å². The molecular formula is C25H25ClFNO4S. The summed E-state index contributed by atoms with van der Waals surface area (Å²) in [4.78, 5) is 24.2. The monoisotopic (exact) mass is 489 g/mol. The highest BCUT2D eigenvalue weighted by Gasteiger charge is 2.22. The number of thiophene rings is 1. The molecule has 0 fully saturated rings. The molecule has 0 saturated heterocycles. The van der Waals surface area contributed by atoms with E-state index < -0.39 is 17.7 Å². The van der Waals surface area contributed by atoms with E-state index in [4.69, 9.17) is 16.3 Å². The van der Waals surface area contributed by atoms with Crippen molar-refractivity contribution in [2.24, 2.45) is 5.92 Å². The molecular weight excluding hydrogens is 465 g/mol. The fourth-order valence-electron chi connectivity index (χ4n) is 2.54. The average Bonchev–Trinajstić information content (AvgIpc) is 3.14. The quantitative estimate of drug-likeness (QED) is 0.279. The third-order valence-electron chi connectivity index (χ3n) is 4.02. The molecule has 3 rings (SSSR count). The van der Waals surface area contributed by atoms with Crippen LogP contribution in [0.1, 0.15) is 36.7 Å². The van der Waals surface area contributed by atoms with Gasteiger partial charge in [0.15, 0.2) is 5.76 Å². The minimum absolute atomic E-state index is 0.0552. The summed E-state index contributed by atoms with van der Waals surface area (Å²) in [5.74, 6) is -1.76. The predicted molar refractivity (Wildman–Crippen MR) is 132 cm³/mol. The normalized spacial score (nSPS) is 10.3. The van der Waals surface area contributed by atoms with Crippen molar-refractivity contribution in [1.29, 1.82) is 0 Å². The molecule has 0 saturated carbocycles. The number of hydrogen-bond donors (Lipinski definition) is 2. The highest BCUT2D eigenvalue weighted by molar-refractivity contribution is 7.15. The number of carboxylic acid groups (broad SMARTS) is 1. The van der Waals surface area contributed by atoms with Gasteiger partial charge in [0, 0.05) is 22.0 Å². The molecule has 0 spiro atoms. The van der Waals surface area contributed by atoms with Crippen LogP contribution in [0, 0.1) is 18.7 Å². The molecule has 0 bridgehead atoms. The van der Waals surface area contributed by atoms with Gasteiger partial charge in [0.05, 0.1) is 0 Å². The van der Waals surface area contributed by atoms with Crippen molar-refractivity contribution < 1.29 is 23.8 Å². The van der Waals surface area contributed by atoms with Gasteiger partial charge in [0.1, 0.15) is 22.1 Å². The van der Waals surface area contributed by atoms with Crippen LogP contribution in [0.2, 0.25) is 5.02 Å². The molecule has 0 unspecified atom stereocenters. The van der Waals surface area contributed by atoms with E-state index in [1.54, 1.807) is 36.6 Å². The maximum atomic E-state index is 13.4. The second kappa shape index (κ2) is 11.6. The van der Waals surface area contributed by atoms with Crippen LogP contribution in [0.25, 0.3) is 11.1 Å². The largest absolute Gasteiger partial charge is 0.478 e. The fraction of sp³-hybridized carbons (Fsp3) is 0.200. The summed E-state index contributed by atoms with van der Waals surface area (Å²) >= 11 is 6.94. The summed E-state index contributed by atoms with van der Waals surface area (Å²) in [6.07, 6.45) is 0. The van der Waals surface area contributed by atoms with Gasteiger partial charge in [-0.15, -0.1) is 11.3 Å². The lowest BCUT2D eigenvalue weighted by Crippen LogP contribution is -2.18. The number of amides is 1. The Bertz CT molecular complexity index is 1150. The number of nitrogens with one attached hydrogen (secondary N) is 1. The summed E-state index contributed by atoms with van der Waals surface area (Å²) in [6, 6.07) is 10.6. The molecule has 1 aromatic heterocycles. The van der Waals surface area contributed by atoms with Gasteiger partial charge in [0.25, 0.3) is 5.91 Å². The van der Waals surface area contributed by atoms with Crippen LogP contribution < -0.4 is 10.1 Å². The molecule has 2 N–H and O–H groups in total. The number of ether oxygens (including phenoxy) is 1. The van der Waals surface area contributed by atoms with Crippen LogP contribution in [-0.4, -0.2) is 17.0 Å². The first-order chi connectivity index (χ1) is 15.5. The minimum Gasteiger partial charge on any atom is -0.478 e.